The van der Waals surface area contributed by atoms with Crippen molar-refractivity contribution in [2.75, 3.05) is 13.2 Å². The summed E-state index contributed by atoms with van der Waals surface area (Å²) in [5.41, 5.74) is 3.20. The molecule has 1 aliphatic heterocycles. The molecule has 118 valence electrons. The Kier molecular flexibility index (Phi) is 4.67. The highest BCUT2D eigenvalue weighted by molar-refractivity contribution is 5.45. The lowest BCUT2D eigenvalue weighted by atomic mass is 9.82. The minimum Gasteiger partial charge on any atom is -0.492 e. The fourth-order valence-corrected chi connectivity index (χ4v) is 2.99. The van der Waals surface area contributed by atoms with E-state index in [0.717, 1.165) is 25.3 Å². The highest BCUT2D eigenvalue weighted by Crippen LogP contribution is 2.40. The van der Waals surface area contributed by atoms with Crippen LogP contribution in [0.15, 0.2) is 18.2 Å². The molecule has 1 unspecified atom stereocenters. The number of rotatable bonds is 5. The smallest absolute Gasteiger partial charge is 0.123 e. The summed E-state index contributed by atoms with van der Waals surface area (Å²) in [5.74, 6) is 1.06. The number of benzene rings is 1. The summed E-state index contributed by atoms with van der Waals surface area (Å²) in [6, 6.07) is 7.18. The number of ether oxygens (including phenoxy) is 1. The van der Waals surface area contributed by atoms with Gasteiger partial charge in [0, 0.05) is 17.0 Å². The second kappa shape index (κ2) is 6.00. The zero-order valence-corrected chi connectivity index (χ0v) is 14.5. The molecule has 0 aliphatic carbocycles. The molecule has 0 spiro atoms. The first-order chi connectivity index (χ1) is 9.73. The number of nitrogens with one attached hydrogen (secondary N) is 1. The van der Waals surface area contributed by atoms with Crippen molar-refractivity contribution in [3.8, 4) is 5.75 Å². The van der Waals surface area contributed by atoms with Crippen molar-refractivity contribution in [3.05, 3.63) is 29.3 Å². The van der Waals surface area contributed by atoms with Crippen molar-refractivity contribution in [3.63, 3.8) is 0 Å². The van der Waals surface area contributed by atoms with Gasteiger partial charge in [-0.2, -0.15) is 0 Å². The maximum absolute atomic E-state index is 5.81. The Balaban J connectivity index is 2.28. The Hall–Kier alpha value is -1.02. The molecule has 1 N–H and O–H groups in total. The minimum absolute atomic E-state index is 0.127. The molecule has 0 fully saturated rings. The highest BCUT2D eigenvalue weighted by atomic mass is 16.5. The van der Waals surface area contributed by atoms with Crippen LogP contribution in [0.25, 0.3) is 0 Å². The van der Waals surface area contributed by atoms with Gasteiger partial charge in [-0.1, -0.05) is 47.6 Å². The van der Waals surface area contributed by atoms with E-state index in [0.29, 0.717) is 11.5 Å². The van der Waals surface area contributed by atoms with Gasteiger partial charge in [0.25, 0.3) is 0 Å². The molecular formula is C19H31NO. The van der Waals surface area contributed by atoms with E-state index in [-0.39, 0.29) is 5.41 Å². The lowest BCUT2D eigenvalue weighted by Crippen LogP contribution is -2.27. The Bertz CT molecular complexity index is 485. The van der Waals surface area contributed by atoms with Crippen LogP contribution in [0.5, 0.6) is 5.75 Å². The molecular weight excluding hydrogens is 258 g/mol. The summed E-state index contributed by atoms with van der Waals surface area (Å²) in [6.45, 7) is 15.6. The van der Waals surface area contributed by atoms with Crippen molar-refractivity contribution >= 4 is 0 Å². The molecule has 2 rings (SSSR count). The molecule has 1 aromatic carbocycles. The first kappa shape index (κ1) is 16.4. The fourth-order valence-electron chi connectivity index (χ4n) is 2.99. The lowest BCUT2D eigenvalue weighted by molar-refractivity contribution is 0.291. The topological polar surface area (TPSA) is 21.3 Å². The first-order valence-electron chi connectivity index (χ1n) is 8.23. The van der Waals surface area contributed by atoms with E-state index in [4.69, 9.17) is 4.74 Å². The first-order valence-corrected chi connectivity index (χ1v) is 8.23. The second-order valence-corrected chi connectivity index (χ2v) is 8.20. The molecule has 0 aromatic heterocycles. The van der Waals surface area contributed by atoms with Gasteiger partial charge in [-0.3, -0.25) is 0 Å². The molecule has 1 aliphatic rings. The van der Waals surface area contributed by atoms with E-state index in [1.807, 2.05) is 0 Å². The zero-order chi connectivity index (χ0) is 15.7. The molecule has 2 nitrogen and oxygen atoms in total. The van der Waals surface area contributed by atoms with Gasteiger partial charge in [-0.05, 0) is 42.5 Å². The maximum atomic E-state index is 5.81. The predicted molar refractivity (Wildman–Crippen MR) is 90.1 cm³/mol. The average molecular weight is 289 g/mol. The van der Waals surface area contributed by atoms with Gasteiger partial charge in [-0.25, -0.2) is 0 Å². The Morgan fingerprint density at radius 1 is 1.29 bits per heavy atom. The lowest BCUT2D eigenvalue weighted by Gasteiger charge is -2.28. The second-order valence-electron chi connectivity index (χ2n) is 8.20. The van der Waals surface area contributed by atoms with E-state index in [1.54, 1.807) is 0 Å². The summed E-state index contributed by atoms with van der Waals surface area (Å²) < 4.78 is 5.81. The molecule has 0 radical (unpaired) electrons. The van der Waals surface area contributed by atoms with Crippen LogP contribution in [0.4, 0.5) is 0 Å². The van der Waals surface area contributed by atoms with E-state index in [9.17, 15) is 0 Å². The third kappa shape index (κ3) is 4.00. The van der Waals surface area contributed by atoms with Crippen LogP contribution in [-0.2, 0) is 5.41 Å². The van der Waals surface area contributed by atoms with Crippen molar-refractivity contribution < 1.29 is 4.74 Å². The molecule has 1 atom stereocenters. The van der Waals surface area contributed by atoms with Gasteiger partial charge < -0.3 is 10.1 Å². The Labute approximate surface area is 130 Å². The van der Waals surface area contributed by atoms with Crippen LogP contribution in [0.1, 0.15) is 71.6 Å². The zero-order valence-electron chi connectivity index (χ0n) is 14.5. The normalized spacial score (nSPS) is 18.2. The van der Waals surface area contributed by atoms with E-state index in [1.165, 1.54) is 17.5 Å². The minimum atomic E-state index is 0.127. The standard InChI is InChI=1S/C19H31NO/c1-7-10-20-16(12-18(2,3)4)14-8-9-17-15(11-14)19(5,6)13-21-17/h8-9,11,16,20H,7,10,12-13H2,1-6H3. The number of hydrogen-bond donors (Lipinski definition) is 1. The van der Waals surface area contributed by atoms with Crippen molar-refractivity contribution in [1.29, 1.82) is 0 Å². The molecule has 21 heavy (non-hydrogen) atoms. The third-order valence-corrected chi connectivity index (χ3v) is 4.18. The summed E-state index contributed by atoms with van der Waals surface area (Å²) in [7, 11) is 0. The maximum Gasteiger partial charge on any atom is 0.123 e. The van der Waals surface area contributed by atoms with Crippen LogP contribution in [-0.4, -0.2) is 13.2 Å². The van der Waals surface area contributed by atoms with Crippen molar-refractivity contribution in [2.24, 2.45) is 5.41 Å². The molecule has 2 heteroatoms. The average Bonchev–Trinajstić information content (AvgIpc) is 2.69. The van der Waals surface area contributed by atoms with Crippen LogP contribution < -0.4 is 10.1 Å². The monoisotopic (exact) mass is 289 g/mol. The summed E-state index contributed by atoms with van der Waals surface area (Å²) in [6.07, 6.45) is 2.31. The molecule has 0 saturated heterocycles. The Morgan fingerprint density at radius 3 is 2.62 bits per heavy atom. The van der Waals surface area contributed by atoms with Crippen LogP contribution in [0.2, 0.25) is 0 Å². The molecule has 0 amide bonds. The molecule has 0 bridgehead atoms. The Morgan fingerprint density at radius 2 is 2.00 bits per heavy atom. The number of fused-ring (bicyclic) bond motifs is 1. The highest BCUT2D eigenvalue weighted by Gasteiger charge is 2.32. The summed E-state index contributed by atoms with van der Waals surface area (Å²) >= 11 is 0. The predicted octanol–water partition coefficient (Wildman–Crippen LogP) is 4.83. The van der Waals surface area contributed by atoms with Gasteiger partial charge >= 0.3 is 0 Å². The molecule has 1 aromatic rings. The van der Waals surface area contributed by atoms with Crippen molar-refractivity contribution in [2.45, 2.75) is 65.8 Å². The van der Waals surface area contributed by atoms with Gasteiger partial charge in [0.2, 0.25) is 0 Å². The quantitative estimate of drug-likeness (QED) is 0.838. The van der Waals surface area contributed by atoms with Gasteiger partial charge in [0.05, 0.1) is 6.61 Å². The fraction of sp³-hybridized carbons (Fsp3) is 0.684. The van der Waals surface area contributed by atoms with Crippen LogP contribution in [0, 0.1) is 5.41 Å². The van der Waals surface area contributed by atoms with E-state index < -0.39 is 0 Å². The van der Waals surface area contributed by atoms with Gasteiger partial charge in [-0.15, -0.1) is 0 Å². The summed E-state index contributed by atoms with van der Waals surface area (Å²) in [4.78, 5) is 0. The third-order valence-electron chi connectivity index (χ3n) is 4.18. The molecule has 0 saturated carbocycles. The van der Waals surface area contributed by atoms with Gasteiger partial charge in [0.1, 0.15) is 5.75 Å². The molecule has 1 heterocycles. The van der Waals surface area contributed by atoms with Crippen molar-refractivity contribution in [1.82, 2.24) is 5.32 Å². The number of hydrogen-bond acceptors (Lipinski definition) is 2. The summed E-state index contributed by atoms with van der Waals surface area (Å²) in [5, 5.41) is 3.72. The SMILES string of the molecule is CCCNC(CC(C)(C)C)c1ccc2c(c1)C(C)(C)CO2. The van der Waals surface area contributed by atoms with E-state index in [2.05, 4.69) is 65.1 Å². The van der Waals surface area contributed by atoms with Gasteiger partial charge in [0.15, 0.2) is 0 Å². The largest absolute Gasteiger partial charge is 0.492 e. The van der Waals surface area contributed by atoms with Crippen LogP contribution in [0.3, 0.4) is 0 Å². The van der Waals surface area contributed by atoms with E-state index >= 15 is 0 Å². The van der Waals surface area contributed by atoms with Crippen LogP contribution >= 0.6 is 0 Å².